The summed E-state index contributed by atoms with van der Waals surface area (Å²) in [7, 11) is 0. The van der Waals surface area contributed by atoms with Gasteiger partial charge in [0.15, 0.2) is 5.78 Å². The molecule has 4 heteroatoms. The molecule has 0 saturated carbocycles. The van der Waals surface area contributed by atoms with Crippen LogP contribution in [-0.2, 0) is 0 Å². The Morgan fingerprint density at radius 3 is 2.45 bits per heavy atom. The molecule has 0 aliphatic carbocycles. The van der Waals surface area contributed by atoms with Crippen molar-refractivity contribution in [3.63, 3.8) is 0 Å². The van der Waals surface area contributed by atoms with Gasteiger partial charge < -0.3 is 4.90 Å². The van der Waals surface area contributed by atoms with Gasteiger partial charge in [-0.25, -0.2) is 0 Å². The lowest BCUT2D eigenvalue weighted by Gasteiger charge is -2.37. The van der Waals surface area contributed by atoms with E-state index in [2.05, 4.69) is 45.6 Å². The fourth-order valence-electron chi connectivity index (χ4n) is 2.75. The lowest BCUT2D eigenvalue weighted by Crippen LogP contribution is -2.47. The minimum absolute atomic E-state index is 0.130. The minimum atomic E-state index is 0.130. The zero-order valence-corrected chi connectivity index (χ0v) is 14.1. The third-order valence-corrected chi connectivity index (χ3v) is 4.17. The van der Waals surface area contributed by atoms with E-state index in [0.29, 0.717) is 5.92 Å². The van der Waals surface area contributed by atoms with E-state index in [1.807, 2.05) is 12.1 Å². The highest BCUT2D eigenvalue weighted by Gasteiger charge is 2.20. The monoisotopic (exact) mass is 338 g/mol. The SMILES string of the molecule is CC(=O)c1cc(Br)ccc1N1CCN(CC(C)C)CC1. The van der Waals surface area contributed by atoms with Crippen molar-refractivity contribution in [2.24, 2.45) is 5.92 Å². The highest BCUT2D eigenvalue weighted by Crippen LogP contribution is 2.26. The van der Waals surface area contributed by atoms with Gasteiger partial charge in [-0.3, -0.25) is 9.69 Å². The van der Waals surface area contributed by atoms with Crippen LogP contribution in [-0.4, -0.2) is 43.4 Å². The highest BCUT2D eigenvalue weighted by molar-refractivity contribution is 9.10. The third kappa shape index (κ3) is 3.83. The highest BCUT2D eigenvalue weighted by atomic mass is 79.9. The number of ketones is 1. The van der Waals surface area contributed by atoms with Crippen molar-refractivity contribution in [3.05, 3.63) is 28.2 Å². The summed E-state index contributed by atoms with van der Waals surface area (Å²) in [4.78, 5) is 16.7. The van der Waals surface area contributed by atoms with Gasteiger partial charge in [0, 0.05) is 48.4 Å². The van der Waals surface area contributed by atoms with Crippen molar-refractivity contribution in [1.29, 1.82) is 0 Å². The van der Waals surface area contributed by atoms with Crippen molar-refractivity contribution in [2.45, 2.75) is 20.8 Å². The maximum Gasteiger partial charge on any atom is 0.161 e. The first-order valence-electron chi connectivity index (χ1n) is 7.25. The van der Waals surface area contributed by atoms with E-state index in [-0.39, 0.29) is 5.78 Å². The van der Waals surface area contributed by atoms with E-state index < -0.39 is 0 Å². The molecule has 1 aliphatic heterocycles. The smallest absolute Gasteiger partial charge is 0.161 e. The van der Waals surface area contributed by atoms with Crippen LogP contribution in [0.1, 0.15) is 31.1 Å². The number of nitrogens with zero attached hydrogens (tertiary/aromatic N) is 2. The van der Waals surface area contributed by atoms with Gasteiger partial charge in [0.2, 0.25) is 0 Å². The average Bonchev–Trinajstić information content (AvgIpc) is 2.39. The van der Waals surface area contributed by atoms with Crippen LogP contribution < -0.4 is 4.90 Å². The van der Waals surface area contributed by atoms with Crippen LogP contribution in [0.4, 0.5) is 5.69 Å². The second-order valence-electron chi connectivity index (χ2n) is 5.90. The molecule has 1 aliphatic rings. The Hall–Kier alpha value is -0.870. The molecule has 0 bridgehead atoms. The maximum absolute atomic E-state index is 11.8. The number of hydrogen-bond donors (Lipinski definition) is 0. The molecule has 1 saturated heterocycles. The molecular formula is C16H23BrN2O. The Morgan fingerprint density at radius 2 is 1.90 bits per heavy atom. The number of anilines is 1. The fourth-order valence-corrected chi connectivity index (χ4v) is 3.11. The van der Waals surface area contributed by atoms with Crippen molar-refractivity contribution < 1.29 is 4.79 Å². The van der Waals surface area contributed by atoms with Crippen LogP contribution in [0.2, 0.25) is 0 Å². The van der Waals surface area contributed by atoms with Gasteiger partial charge >= 0.3 is 0 Å². The first-order chi connectivity index (χ1) is 9.47. The Balaban J connectivity index is 2.09. The topological polar surface area (TPSA) is 23.6 Å². The molecule has 0 radical (unpaired) electrons. The number of halogens is 1. The number of Topliss-reactive ketones (excluding diaryl/α,β-unsaturated/α-hetero) is 1. The second kappa shape index (κ2) is 6.72. The van der Waals surface area contributed by atoms with Gasteiger partial charge in [-0.15, -0.1) is 0 Å². The van der Waals surface area contributed by atoms with Crippen molar-refractivity contribution in [1.82, 2.24) is 4.90 Å². The number of carbonyl (C=O) groups excluding carboxylic acids is 1. The molecule has 1 heterocycles. The van der Waals surface area contributed by atoms with Crippen molar-refractivity contribution in [3.8, 4) is 0 Å². The molecule has 1 aromatic rings. The van der Waals surface area contributed by atoms with Gasteiger partial charge in [-0.05, 0) is 31.0 Å². The number of rotatable bonds is 4. The summed E-state index contributed by atoms with van der Waals surface area (Å²) in [6.45, 7) is 11.5. The Kier molecular flexibility index (Phi) is 5.22. The summed E-state index contributed by atoms with van der Waals surface area (Å²) in [5, 5.41) is 0. The number of piperazine rings is 1. The fraction of sp³-hybridized carbons (Fsp3) is 0.562. The van der Waals surface area contributed by atoms with Crippen LogP contribution in [0.3, 0.4) is 0 Å². The first kappa shape index (κ1) is 15.5. The van der Waals surface area contributed by atoms with E-state index in [0.717, 1.165) is 48.4 Å². The molecular weight excluding hydrogens is 316 g/mol. The summed E-state index contributed by atoms with van der Waals surface area (Å²) >= 11 is 3.45. The molecule has 0 atom stereocenters. The van der Waals surface area contributed by atoms with Crippen molar-refractivity contribution >= 4 is 27.4 Å². The van der Waals surface area contributed by atoms with Gasteiger partial charge in [-0.1, -0.05) is 29.8 Å². The Labute approximate surface area is 130 Å². The standard InChI is InChI=1S/C16H23BrN2O/c1-12(2)11-18-6-8-19(9-7-18)16-5-4-14(17)10-15(16)13(3)20/h4-5,10,12H,6-9,11H2,1-3H3. The third-order valence-electron chi connectivity index (χ3n) is 3.67. The molecule has 0 amide bonds. The van der Waals surface area contributed by atoms with Crippen molar-refractivity contribution in [2.75, 3.05) is 37.6 Å². The summed E-state index contributed by atoms with van der Waals surface area (Å²) in [6.07, 6.45) is 0. The lowest BCUT2D eigenvalue weighted by molar-refractivity contribution is 0.101. The van der Waals surface area contributed by atoms with E-state index in [9.17, 15) is 4.79 Å². The van der Waals surface area contributed by atoms with E-state index >= 15 is 0 Å². The predicted molar refractivity (Wildman–Crippen MR) is 87.6 cm³/mol. The summed E-state index contributed by atoms with van der Waals surface area (Å²) in [5.74, 6) is 0.841. The Morgan fingerprint density at radius 1 is 1.25 bits per heavy atom. The molecule has 3 nitrogen and oxygen atoms in total. The number of hydrogen-bond acceptors (Lipinski definition) is 3. The molecule has 1 fully saturated rings. The second-order valence-corrected chi connectivity index (χ2v) is 6.81. The molecule has 0 unspecified atom stereocenters. The van der Waals surface area contributed by atoms with E-state index in [1.165, 1.54) is 0 Å². The van der Waals surface area contributed by atoms with E-state index in [1.54, 1.807) is 6.92 Å². The van der Waals surface area contributed by atoms with Gasteiger partial charge in [-0.2, -0.15) is 0 Å². The van der Waals surface area contributed by atoms with Gasteiger partial charge in [0.1, 0.15) is 0 Å². The number of carbonyl (C=O) groups is 1. The summed E-state index contributed by atoms with van der Waals surface area (Å²) in [5.41, 5.74) is 1.89. The first-order valence-corrected chi connectivity index (χ1v) is 8.04. The normalized spacial score (nSPS) is 16.8. The molecule has 0 N–H and O–H groups in total. The summed E-state index contributed by atoms with van der Waals surface area (Å²) < 4.78 is 0.963. The zero-order chi connectivity index (χ0) is 14.7. The van der Waals surface area contributed by atoms with Gasteiger partial charge in [0.25, 0.3) is 0 Å². The lowest BCUT2D eigenvalue weighted by atomic mass is 10.1. The number of benzene rings is 1. The Bertz CT molecular complexity index is 479. The molecule has 0 spiro atoms. The van der Waals surface area contributed by atoms with Crippen LogP contribution in [0.5, 0.6) is 0 Å². The van der Waals surface area contributed by atoms with Crippen LogP contribution >= 0.6 is 15.9 Å². The van der Waals surface area contributed by atoms with Crippen LogP contribution in [0.25, 0.3) is 0 Å². The average molecular weight is 339 g/mol. The van der Waals surface area contributed by atoms with E-state index in [4.69, 9.17) is 0 Å². The quantitative estimate of drug-likeness (QED) is 0.786. The largest absolute Gasteiger partial charge is 0.368 e. The summed E-state index contributed by atoms with van der Waals surface area (Å²) in [6, 6.07) is 6.00. The molecule has 1 aromatic carbocycles. The zero-order valence-electron chi connectivity index (χ0n) is 12.5. The van der Waals surface area contributed by atoms with Crippen LogP contribution in [0, 0.1) is 5.92 Å². The molecule has 0 aromatic heterocycles. The molecule has 20 heavy (non-hydrogen) atoms. The van der Waals surface area contributed by atoms with Gasteiger partial charge in [0.05, 0.1) is 0 Å². The van der Waals surface area contributed by atoms with Crippen LogP contribution in [0.15, 0.2) is 22.7 Å². The predicted octanol–water partition coefficient (Wildman–Crippen LogP) is 3.43. The molecule has 2 rings (SSSR count). The maximum atomic E-state index is 11.8. The minimum Gasteiger partial charge on any atom is -0.368 e. The molecule has 110 valence electrons.